The minimum atomic E-state index is -1.72. The van der Waals surface area contributed by atoms with Crippen LogP contribution in [0.4, 0.5) is 0 Å². The molecule has 0 aromatic rings. The van der Waals surface area contributed by atoms with Crippen molar-refractivity contribution in [3.63, 3.8) is 0 Å². The fourth-order valence-electron chi connectivity index (χ4n) is 1.64. The van der Waals surface area contributed by atoms with Crippen molar-refractivity contribution in [1.29, 1.82) is 0 Å². The van der Waals surface area contributed by atoms with Crippen LogP contribution in [0, 0.1) is 0 Å². The molecule has 1 aliphatic rings. The molecule has 10 nitrogen and oxygen atoms in total. The number of hydrogen-bond donors (Lipinski definition) is 7. The Bertz CT molecular complexity index is 383. The fourth-order valence-corrected chi connectivity index (χ4v) is 1.64. The number of aliphatic hydroxyl groups excluding tert-OH is 6. The molecule has 0 fully saturated rings. The average molecular weight is 310 g/mol. The monoisotopic (exact) mass is 310 g/mol. The molecule has 10 heteroatoms. The standard InChI is InChI=1S/C11H18O10/c12-2-5(15)8(16)7(3-13)21-11-9(17)4(14)1-6(20-11)10(18)19/h1,4-5,7-9,11-17H,2-3H2,(H,18,19)/t4-,5+,7-,8-,9+,11+/m0/s1. The number of hydrogen-bond acceptors (Lipinski definition) is 9. The third-order valence-corrected chi connectivity index (χ3v) is 2.86. The van der Waals surface area contributed by atoms with Crippen LogP contribution in [0.2, 0.25) is 0 Å². The van der Waals surface area contributed by atoms with Gasteiger partial charge in [-0.05, 0) is 6.08 Å². The van der Waals surface area contributed by atoms with Gasteiger partial charge in [0.15, 0.2) is 0 Å². The molecular formula is C11H18O10. The molecule has 0 unspecified atom stereocenters. The van der Waals surface area contributed by atoms with Crippen molar-refractivity contribution in [2.24, 2.45) is 0 Å². The van der Waals surface area contributed by atoms with Gasteiger partial charge in [0.2, 0.25) is 12.0 Å². The summed E-state index contributed by atoms with van der Waals surface area (Å²) in [4.78, 5) is 10.8. The molecule has 21 heavy (non-hydrogen) atoms. The SMILES string of the molecule is O=C(O)C1=C[C@H](O)[C@@H](O)[C@@H](O[C@@H](CO)[C@@H](O)[C@H](O)CO)O1. The van der Waals surface area contributed by atoms with Crippen molar-refractivity contribution in [2.75, 3.05) is 13.2 Å². The maximum Gasteiger partial charge on any atom is 0.371 e. The van der Waals surface area contributed by atoms with Crippen molar-refractivity contribution in [2.45, 2.75) is 36.8 Å². The highest BCUT2D eigenvalue weighted by atomic mass is 16.7. The molecular weight excluding hydrogens is 292 g/mol. The van der Waals surface area contributed by atoms with Gasteiger partial charge in [0.1, 0.15) is 30.5 Å². The van der Waals surface area contributed by atoms with Crippen LogP contribution in [0.3, 0.4) is 0 Å². The van der Waals surface area contributed by atoms with E-state index in [0.717, 1.165) is 6.08 Å². The van der Waals surface area contributed by atoms with Crippen LogP contribution in [0.5, 0.6) is 0 Å². The van der Waals surface area contributed by atoms with Crippen LogP contribution < -0.4 is 0 Å². The lowest BCUT2D eigenvalue weighted by atomic mass is 10.1. The molecule has 1 aliphatic heterocycles. The Balaban J connectivity index is 2.79. The van der Waals surface area contributed by atoms with E-state index in [1.165, 1.54) is 0 Å². The van der Waals surface area contributed by atoms with Crippen LogP contribution in [0.15, 0.2) is 11.8 Å². The molecule has 1 rings (SSSR count). The van der Waals surface area contributed by atoms with E-state index in [2.05, 4.69) is 0 Å². The summed E-state index contributed by atoms with van der Waals surface area (Å²) < 4.78 is 9.77. The molecule has 7 N–H and O–H groups in total. The highest BCUT2D eigenvalue weighted by molar-refractivity contribution is 5.84. The highest BCUT2D eigenvalue weighted by Gasteiger charge is 2.39. The Hall–Kier alpha value is -1.27. The largest absolute Gasteiger partial charge is 0.475 e. The maximum atomic E-state index is 10.8. The van der Waals surface area contributed by atoms with Gasteiger partial charge in [0.05, 0.1) is 13.2 Å². The van der Waals surface area contributed by atoms with Gasteiger partial charge in [-0.1, -0.05) is 0 Å². The van der Waals surface area contributed by atoms with Gasteiger partial charge in [-0.25, -0.2) is 4.79 Å². The average Bonchev–Trinajstić information content (AvgIpc) is 2.46. The normalized spacial score (nSPS) is 30.0. The minimum Gasteiger partial charge on any atom is -0.475 e. The number of carboxylic acid groups (broad SMARTS) is 1. The summed E-state index contributed by atoms with van der Waals surface area (Å²) in [6.07, 6.45) is -9.00. The molecule has 0 aliphatic carbocycles. The van der Waals surface area contributed by atoms with Gasteiger partial charge in [-0.15, -0.1) is 0 Å². The van der Waals surface area contributed by atoms with Gasteiger partial charge in [-0.2, -0.15) is 0 Å². The lowest BCUT2D eigenvalue weighted by Crippen LogP contribution is -2.50. The molecule has 0 aromatic carbocycles. The second-order valence-corrected chi connectivity index (χ2v) is 4.40. The molecule has 0 spiro atoms. The van der Waals surface area contributed by atoms with Crippen molar-refractivity contribution < 1.29 is 50.0 Å². The molecule has 0 bridgehead atoms. The van der Waals surface area contributed by atoms with E-state index >= 15 is 0 Å². The molecule has 0 amide bonds. The second-order valence-electron chi connectivity index (χ2n) is 4.40. The maximum absolute atomic E-state index is 10.8. The Labute approximate surface area is 119 Å². The van der Waals surface area contributed by atoms with Gasteiger partial charge >= 0.3 is 5.97 Å². The Morgan fingerprint density at radius 1 is 1.29 bits per heavy atom. The molecule has 122 valence electrons. The van der Waals surface area contributed by atoms with Crippen LogP contribution in [0.1, 0.15) is 0 Å². The van der Waals surface area contributed by atoms with Crippen LogP contribution >= 0.6 is 0 Å². The highest BCUT2D eigenvalue weighted by Crippen LogP contribution is 2.21. The molecule has 6 atom stereocenters. The summed E-state index contributed by atoms with van der Waals surface area (Å²) in [6.45, 7) is -1.62. The summed E-state index contributed by atoms with van der Waals surface area (Å²) in [6, 6.07) is 0. The first-order valence-electron chi connectivity index (χ1n) is 6.03. The Kier molecular flexibility index (Phi) is 6.48. The molecule has 0 saturated heterocycles. The predicted octanol–water partition coefficient (Wildman–Crippen LogP) is -3.88. The Morgan fingerprint density at radius 2 is 1.90 bits per heavy atom. The number of carbonyl (C=O) groups is 1. The number of ether oxygens (including phenoxy) is 2. The fraction of sp³-hybridized carbons (Fsp3) is 0.727. The van der Waals surface area contributed by atoms with E-state index in [0.29, 0.717) is 0 Å². The van der Waals surface area contributed by atoms with Crippen LogP contribution in [-0.4, -0.2) is 91.7 Å². The molecule has 0 saturated carbocycles. The van der Waals surface area contributed by atoms with Crippen molar-refractivity contribution in [3.8, 4) is 0 Å². The summed E-state index contributed by atoms with van der Waals surface area (Å²) >= 11 is 0. The van der Waals surface area contributed by atoms with E-state index in [1.807, 2.05) is 0 Å². The van der Waals surface area contributed by atoms with E-state index in [9.17, 15) is 25.2 Å². The van der Waals surface area contributed by atoms with Gasteiger partial charge in [0.25, 0.3) is 0 Å². The predicted molar refractivity (Wildman–Crippen MR) is 63.7 cm³/mol. The smallest absolute Gasteiger partial charge is 0.371 e. The summed E-state index contributed by atoms with van der Waals surface area (Å²) in [5.74, 6) is -2.18. The van der Waals surface area contributed by atoms with Crippen molar-refractivity contribution >= 4 is 5.97 Å². The minimum absolute atomic E-state index is 0.674. The van der Waals surface area contributed by atoms with Crippen LogP contribution in [0.25, 0.3) is 0 Å². The number of aliphatic hydroxyl groups is 6. The van der Waals surface area contributed by atoms with E-state index in [4.69, 9.17) is 24.8 Å². The van der Waals surface area contributed by atoms with E-state index in [-0.39, 0.29) is 0 Å². The Morgan fingerprint density at radius 3 is 2.38 bits per heavy atom. The third-order valence-electron chi connectivity index (χ3n) is 2.86. The first-order chi connectivity index (χ1) is 9.81. The third kappa shape index (κ3) is 4.35. The molecule has 1 heterocycles. The zero-order valence-electron chi connectivity index (χ0n) is 10.8. The zero-order chi connectivity index (χ0) is 16.2. The van der Waals surface area contributed by atoms with Crippen molar-refractivity contribution in [3.05, 3.63) is 11.8 Å². The summed E-state index contributed by atoms with van der Waals surface area (Å²) in [7, 11) is 0. The topological polar surface area (TPSA) is 177 Å². The van der Waals surface area contributed by atoms with Crippen molar-refractivity contribution in [1.82, 2.24) is 0 Å². The summed E-state index contributed by atoms with van der Waals surface area (Å²) in [5.41, 5.74) is 0. The lowest BCUT2D eigenvalue weighted by Gasteiger charge is -2.34. The lowest BCUT2D eigenvalue weighted by molar-refractivity contribution is -0.250. The van der Waals surface area contributed by atoms with E-state index < -0.39 is 61.8 Å². The number of aliphatic carboxylic acids is 1. The molecule has 0 radical (unpaired) electrons. The quantitative estimate of drug-likeness (QED) is 0.246. The number of rotatable bonds is 7. The first-order valence-corrected chi connectivity index (χ1v) is 6.03. The van der Waals surface area contributed by atoms with Crippen LogP contribution in [-0.2, 0) is 14.3 Å². The van der Waals surface area contributed by atoms with Gasteiger partial charge < -0.3 is 45.2 Å². The first kappa shape index (κ1) is 17.8. The van der Waals surface area contributed by atoms with Gasteiger partial charge in [-0.3, -0.25) is 0 Å². The van der Waals surface area contributed by atoms with E-state index in [1.54, 1.807) is 0 Å². The number of carboxylic acids is 1. The molecule has 0 aromatic heterocycles. The van der Waals surface area contributed by atoms with Gasteiger partial charge in [0, 0.05) is 0 Å². The summed E-state index contributed by atoms with van der Waals surface area (Å²) in [5, 5.41) is 64.6. The zero-order valence-corrected chi connectivity index (χ0v) is 10.8. The second kappa shape index (κ2) is 7.66.